The Morgan fingerprint density at radius 3 is 2.84 bits per heavy atom. The third kappa shape index (κ3) is 3.09. The van der Waals surface area contributed by atoms with Gasteiger partial charge in [-0.3, -0.25) is 9.78 Å². The molecule has 0 bridgehead atoms. The number of nitrogens with one attached hydrogen (secondary N) is 1. The zero-order valence-electron chi connectivity index (χ0n) is 11.3. The van der Waals surface area contributed by atoms with Crippen LogP contribution >= 0.6 is 0 Å². The van der Waals surface area contributed by atoms with Gasteiger partial charge in [0, 0.05) is 23.7 Å². The molecule has 1 amide bonds. The first kappa shape index (κ1) is 13.5. The van der Waals surface area contributed by atoms with Crippen LogP contribution < -0.4 is 11.1 Å². The van der Waals surface area contributed by atoms with Crippen molar-refractivity contribution in [2.45, 2.75) is 13.8 Å². The average molecular weight is 257 g/mol. The minimum atomic E-state index is -0.0987. The lowest BCUT2D eigenvalue weighted by atomic mass is 9.94. The minimum absolute atomic E-state index is 0.0832. The SMILES string of the molecule is CC(C)(CN)CNC(=O)c1cccc2ncccc12. The van der Waals surface area contributed by atoms with E-state index < -0.39 is 0 Å². The largest absolute Gasteiger partial charge is 0.351 e. The number of pyridine rings is 1. The maximum Gasteiger partial charge on any atom is 0.251 e. The molecule has 0 atom stereocenters. The first-order valence-corrected chi connectivity index (χ1v) is 6.35. The smallest absolute Gasteiger partial charge is 0.251 e. The molecule has 0 spiro atoms. The number of nitrogens with two attached hydrogens (primary N) is 1. The van der Waals surface area contributed by atoms with Gasteiger partial charge in [0.15, 0.2) is 0 Å². The van der Waals surface area contributed by atoms with Gasteiger partial charge < -0.3 is 11.1 Å². The summed E-state index contributed by atoms with van der Waals surface area (Å²) < 4.78 is 0. The fourth-order valence-electron chi connectivity index (χ4n) is 1.79. The molecule has 1 heterocycles. The molecule has 1 aromatic carbocycles. The van der Waals surface area contributed by atoms with Gasteiger partial charge in [-0.15, -0.1) is 0 Å². The monoisotopic (exact) mass is 257 g/mol. The highest BCUT2D eigenvalue weighted by molar-refractivity contribution is 6.06. The number of carbonyl (C=O) groups is 1. The Labute approximate surface area is 113 Å². The van der Waals surface area contributed by atoms with Crippen LogP contribution in [0.4, 0.5) is 0 Å². The van der Waals surface area contributed by atoms with E-state index in [1.54, 1.807) is 6.20 Å². The van der Waals surface area contributed by atoms with Gasteiger partial charge in [-0.2, -0.15) is 0 Å². The molecule has 2 rings (SSSR count). The van der Waals surface area contributed by atoms with Crippen LogP contribution in [0, 0.1) is 5.41 Å². The van der Waals surface area contributed by atoms with E-state index in [4.69, 9.17) is 5.73 Å². The molecule has 0 aliphatic carbocycles. The van der Waals surface area contributed by atoms with Crippen molar-refractivity contribution in [1.29, 1.82) is 0 Å². The molecule has 19 heavy (non-hydrogen) atoms. The minimum Gasteiger partial charge on any atom is -0.351 e. The normalized spacial score (nSPS) is 11.5. The fraction of sp³-hybridized carbons (Fsp3) is 0.333. The molecule has 2 aromatic rings. The van der Waals surface area contributed by atoms with Gasteiger partial charge in [-0.1, -0.05) is 26.0 Å². The summed E-state index contributed by atoms with van der Waals surface area (Å²) in [4.78, 5) is 16.5. The number of hydrogen-bond acceptors (Lipinski definition) is 3. The zero-order valence-corrected chi connectivity index (χ0v) is 11.3. The van der Waals surface area contributed by atoms with E-state index in [1.165, 1.54) is 0 Å². The maximum atomic E-state index is 12.2. The topological polar surface area (TPSA) is 68.0 Å². The highest BCUT2D eigenvalue weighted by atomic mass is 16.1. The number of fused-ring (bicyclic) bond motifs is 1. The first-order chi connectivity index (χ1) is 9.03. The molecule has 3 N–H and O–H groups in total. The number of benzene rings is 1. The van der Waals surface area contributed by atoms with Crippen molar-refractivity contribution < 1.29 is 4.79 Å². The molecule has 0 aliphatic heterocycles. The van der Waals surface area contributed by atoms with Crippen LogP contribution in [0.25, 0.3) is 10.9 Å². The molecule has 0 saturated carbocycles. The second-order valence-corrected chi connectivity index (χ2v) is 5.43. The van der Waals surface area contributed by atoms with Gasteiger partial charge >= 0.3 is 0 Å². The van der Waals surface area contributed by atoms with E-state index in [1.807, 2.05) is 44.2 Å². The standard InChI is InChI=1S/C15H19N3O/c1-15(2,9-16)10-18-14(19)12-5-3-7-13-11(12)6-4-8-17-13/h3-8H,9-10,16H2,1-2H3,(H,18,19). The van der Waals surface area contributed by atoms with Crippen LogP contribution in [0.15, 0.2) is 36.5 Å². The molecule has 0 saturated heterocycles. The number of carbonyl (C=O) groups excluding carboxylic acids is 1. The van der Waals surface area contributed by atoms with Crippen LogP contribution in [0.1, 0.15) is 24.2 Å². The first-order valence-electron chi connectivity index (χ1n) is 6.35. The van der Waals surface area contributed by atoms with Crippen molar-refractivity contribution in [3.05, 3.63) is 42.1 Å². The summed E-state index contributed by atoms with van der Waals surface area (Å²) in [7, 11) is 0. The molecule has 0 fully saturated rings. The Balaban J connectivity index is 2.23. The Morgan fingerprint density at radius 2 is 2.11 bits per heavy atom. The summed E-state index contributed by atoms with van der Waals surface area (Å²) in [5.74, 6) is -0.0832. The van der Waals surface area contributed by atoms with Crippen molar-refractivity contribution in [3.8, 4) is 0 Å². The lowest BCUT2D eigenvalue weighted by Crippen LogP contribution is -2.38. The molecule has 0 aliphatic rings. The summed E-state index contributed by atoms with van der Waals surface area (Å²) >= 11 is 0. The molecule has 1 aromatic heterocycles. The van der Waals surface area contributed by atoms with Gasteiger partial charge in [0.2, 0.25) is 0 Å². The van der Waals surface area contributed by atoms with E-state index in [9.17, 15) is 4.79 Å². The second-order valence-electron chi connectivity index (χ2n) is 5.43. The van der Waals surface area contributed by atoms with Gasteiger partial charge in [0.1, 0.15) is 0 Å². The van der Waals surface area contributed by atoms with Gasteiger partial charge in [-0.05, 0) is 30.2 Å². The van der Waals surface area contributed by atoms with E-state index in [0.29, 0.717) is 18.7 Å². The summed E-state index contributed by atoms with van der Waals surface area (Å²) in [6, 6.07) is 9.30. The number of rotatable bonds is 4. The summed E-state index contributed by atoms with van der Waals surface area (Å²) in [6.45, 7) is 5.14. The number of aromatic nitrogens is 1. The highest BCUT2D eigenvalue weighted by Crippen LogP contribution is 2.17. The highest BCUT2D eigenvalue weighted by Gasteiger charge is 2.18. The van der Waals surface area contributed by atoms with Crippen LogP contribution in [0.5, 0.6) is 0 Å². The van der Waals surface area contributed by atoms with E-state index in [0.717, 1.165) is 10.9 Å². The average Bonchev–Trinajstić information content (AvgIpc) is 2.44. The Morgan fingerprint density at radius 1 is 1.32 bits per heavy atom. The Bertz CT molecular complexity index is 587. The lowest BCUT2D eigenvalue weighted by molar-refractivity contribution is 0.0939. The van der Waals surface area contributed by atoms with E-state index in [2.05, 4.69) is 10.3 Å². The molecule has 100 valence electrons. The molecule has 4 nitrogen and oxygen atoms in total. The summed E-state index contributed by atoms with van der Waals surface area (Å²) in [5, 5.41) is 3.80. The third-order valence-corrected chi connectivity index (χ3v) is 3.17. The summed E-state index contributed by atoms with van der Waals surface area (Å²) in [6.07, 6.45) is 1.72. The molecular weight excluding hydrogens is 238 g/mol. The number of hydrogen-bond donors (Lipinski definition) is 2. The Hall–Kier alpha value is -1.94. The van der Waals surface area contributed by atoms with E-state index in [-0.39, 0.29) is 11.3 Å². The van der Waals surface area contributed by atoms with Gasteiger partial charge in [-0.25, -0.2) is 0 Å². The number of nitrogens with zero attached hydrogens (tertiary/aromatic N) is 1. The van der Waals surface area contributed by atoms with Crippen molar-refractivity contribution in [1.82, 2.24) is 10.3 Å². The second kappa shape index (κ2) is 5.36. The summed E-state index contributed by atoms with van der Waals surface area (Å²) in [5.41, 5.74) is 7.04. The van der Waals surface area contributed by atoms with Gasteiger partial charge in [0.25, 0.3) is 5.91 Å². The predicted octanol–water partition coefficient (Wildman–Crippen LogP) is 1.95. The van der Waals surface area contributed by atoms with Crippen LogP contribution in [-0.4, -0.2) is 24.0 Å². The predicted molar refractivity (Wildman–Crippen MR) is 76.9 cm³/mol. The number of amides is 1. The van der Waals surface area contributed by atoms with Crippen LogP contribution in [0.2, 0.25) is 0 Å². The fourth-order valence-corrected chi connectivity index (χ4v) is 1.79. The lowest BCUT2D eigenvalue weighted by Gasteiger charge is -2.22. The maximum absolute atomic E-state index is 12.2. The zero-order chi connectivity index (χ0) is 13.9. The van der Waals surface area contributed by atoms with Crippen molar-refractivity contribution in [3.63, 3.8) is 0 Å². The molecular formula is C15H19N3O. The molecule has 0 unspecified atom stereocenters. The van der Waals surface area contributed by atoms with Crippen molar-refractivity contribution >= 4 is 16.8 Å². The van der Waals surface area contributed by atoms with Crippen molar-refractivity contribution in [2.24, 2.45) is 11.1 Å². The molecule has 4 heteroatoms. The Kier molecular flexibility index (Phi) is 3.81. The van der Waals surface area contributed by atoms with Crippen molar-refractivity contribution in [2.75, 3.05) is 13.1 Å². The van der Waals surface area contributed by atoms with Gasteiger partial charge in [0.05, 0.1) is 5.52 Å². The van der Waals surface area contributed by atoms with E-state index >= 15 is 0 Å². The molecule has 0 radical (unpaired) electrons. The van der Waals surface area contributed by atoms with Crippen LogP contribution in [-0.2, 0) is 0 Å². The van der Waals surface area contributed by atoms with Crippen LogP contribution in [0.3, 0.4) is 0 Å². The quantitative estimate of drug-likeness (QED) is 0.879. The third-order valence-electron chi connectivity index (χ3n) is 3.17.